The fourth-order valence-corrected chi connectivity index (χ4v) is 0.732. The van der Waals surface area contributed by atoms with Crippen molar-refractivity contribution in [3.05, 3.63) is 0 Å². The van der Waals surface area contributed by atoms with E-state index in [9.17, 15) is 9.59 Å². The molecule has 8 nitrogen and oxygen atoms in total. The third kappa shape index (κ3) is 5.56. The Labute approximate surface area is 91.9 Å². The lowest BCUT2D eigenvalue weighted by atomic mass is 10.4. The van der Waals surface area contributed by atoms with Crippen LogP contribution in [0, 0.1) is 11.3 Å². The Bertz CT molecular complexity index is 331. The molecule has 2 amide bonds. The van der Waals surface area contributed by atoms with E-state index in [-0.39, 0.29) is 6.54 Å². The molecular formula is C8H12N4O4. The highest BCUT2D eigenvalue weighted by Gasteiger charge is 2.13. The number of amides is 2. The van der Waals surface area contributed by atoms with Crippen LogP contribution in [-0.4, -0.2) is 42.5 Å². The monoisotopic (exact) mass is 228 g/mol. The number of hydrogen-bond acceptors (Lipinski definition) is 6. The molecule has 0 heterocycles. The molecule has 0 fully saturated rings. The summed E-state index contributed by atoms with van der Waals surface area (Å²) in [7, 11) is 1.19. The molecule has 0 aromatic carbocycles. The van der Waals surface area contributed by atoms with Crippen LogP contribution in [0.5, 0.6) is 0 Å². The Morgan fingerprint density at radius 1 is 1.62 bits per heavy atom. The molecule has 0 saturated carbocycles. The van der Waals surface area contributed by atoms with E-state index in [1.807, 2.05) is 0 Å². The van der Waals surface area contributed by atoms with Gasteiger partial charge in [0.15, 0.2) is 0 Å². The number of carbonyl (C=O) groups excluding carboxylic acids is 2. The smallest absolute Gasteiger partial charge is 0.284 e. The third-order valence-corrected chi connectivity index (χ3v) is 1.28. The maximum Gasteiger partial charge on any atom is 0.284 e. The minimum absolute atomic E-state index is 0.367. The third-order valence-electron chi connectivity index (χ3n) is 1.28. The first kappa shape index (κ1) is 13.9. The molecule has 0 bridgehead atoms. The second-order valence-electron chi connectivity index (χ2n) is 2.66. The van der Waals surface area contributed by atoms with Gasteiger partial charge in [-0.3, -0.25) is 9.59 Å². The standard InChI is InChI=1S/C8H12N4O4/c1-5(13)11-7(14)4-10-8(15)6(3-9)12-16-2/h5,13H,4H2,1-2H3,(H,10,15)(H,11,14)/b12-6+. The summed E-state index contributed by atoms with van der Waals surface area (Å²) in [5.74, 6) is -1.41. The first-order valence-electron chi connectivity index (χ1n) is 4.28. The average molecular weight is 228 g/mol. The lowest BCUT2D eigenvalue weighted by molar-refractivity contribution is -0.125. The molecule has 0 radical (unpaired) electrons. The van der Waals surface area contributed by atoms with Crippen LogP contribution in [0.3, 0.4) is 0 Å². The van der Waals surface area contributed by atoms with E-state index in [1.165, 1.54) is 20.1 Å². The van der Waals surface area contributed by atoms with Gasteiger partial charge in [0, 0.05) is 0 Å². The van der Waals surface area contributed by atoms with Gasteiger partial charge in [0.1, 0.15) is 19.4 Å². The highest BCUT2D eigenvalue weighted by atomic mass is 16.6. The molecule has 0 spiro atoms. The number of rotatable bonds is 5. The lowest BCUT2D eigenvalue weighted by Gasteiger charge is -2.07. The summed E-state index contributed by atoms with van der Waals surface area (Å²) in [5.41, 5.74) is -0.493. The normalized spacial score (nSPS) is 12.2. The van der Waals surface area contributed by atoms with Crippen LogP contribution in [0.15, 0.2) is 5.16 Å². The number of aliphatic hydroxyl groups is 1. The summed E-state index contributed by atoms with van der Waals surface area (Å²) >= 11 is 0. The molecular weight excluding hydrogens is 216 g/mol. The number of nitrogens with zero attached hydrogens (tertiary/aromatic N) is 2. The van der Waals surface area contributed by atoms with Crippen LogP contribution in [0.2, 0.25) is 0 Å². The summed E-state index contributed by atoms with van der Waals surface area (Å²) in [5, 5.41) is 24.7. The zero-order chi connectivity index (χ0) is 12.6. The minimum Gasteiger partial charge on any atom is -0.398 e. The number of hydrogen-bond donors (Lipinski definition) is 3. The van der Waals surface area contributed by atoms with Gasteiger partial charge in [-0.2, -0.15) is 5.26 Å². The summed E-state index contributed by atoms with van der Waals surface area (Å²) < 4.78 is 0. The minimum atomic E-state index is -1.01. The quantitative estimate of drug-likeness (QED) is 0.287. The maximum absolute atomic E-state index is 11.2. The number of oxime groups is 1. The number of nitriles is 1. The fourth-order valence-electron chi connectivity index (χ4n) is 0.732. The number of aliphatic hydroxyl groups excluding tert-OH is 1. The topological polar surface area (TPSA) is 124 Å². The summed E-state index contributed by atoms with van der Waals surface area (Å²) in [4.78, 5) is 26.4. The van der Waals surface area contributed by atoms with Gasteiger partial charge in [-0.15, -0.1) is 0 Å². The molecule has 0 aliphatic heterocycles. The summed E-state index contributed by atoms with van der Waals surface area (Å²) in [6.07, 6.45) is -1.01. The summed E-state index contributed by atoms with van der Waals surface area (Å²) in [6.45, 7) is 0.987. The summed E-state index contributed by atoms with van der Waals surface area (Å²) in [6, 6.07) is 1.50. The van der Waals surface area contributed by atoms with Crippen molar-refractivity contribution >= 4 is 17.5 Å². The molecule has 0 saturated heterocycles. The molecule has 1 atom stereocenters. The highest BCUT2D eigenvalue weighted by molar-refractivity contribution is 6.45. The van der Waals surface area contributed by atoms with Gasteiger partial charge in [0.2, 0.25) is 11.6 Å². The van der Waals surface area contributed by atoms with Crippen LogP contribution in [-0.2, 0) is 14.4 Å². The molecule has 0 rings (SSSR count). The van der Waals surface area contributed by atoms with Gasteiger partial charge in [-0.1, -0.05) is 5.16 Å². The van der Waals surface area contributed by atoms with Crippen molar-refractivity contribution in [3.8, 4) is 6.07 Å². The molecule has 0 aromatic heterocycles. The van der Waals surface area contributed by atoms with E-state index >= 15 is 0 Å². The van der Waals surface area contributed by atoms with Crippen molar-refractivity contribution in [3.63, 3.8) is 0 Å². The van der Waals surface area contributed by atoms with E-state index in [2.05, 4.69) is 20.6 Å². The predicted octanol–water partition coefficient (Wildman–Crippen LogP) is -1.92. The Morgan fingerprint density at radius 3 is 2.69 bits per heavy atom. The Morgan fingerprint density at radius 2 is 2.25 bits per heavy atom. The van der Waals surface area contributed by atoms with Crippen molar-refractivity contribution in [1.82, 2.24) is 10.6 Å². The SMILES string of the molecule is CO/N=C(\C#N)C(=O)NCC(=O)NC(C)O. The van der Waals surface area contributed by atoms with Crippen molar-refractivity contribution in [2.45, 2.75) is 13.2 Å². The Balaban J connectivity index is 4.13. The first-order chi connectivity index (χ1) is 7.51. The fraction of sp³-hybridized carbons (Fsp3) is 0.500. The van der Waals surface area contributed by atoms with Crippen molar-refractivity contribution in [1.29, 1.82) is 5.26 Å². The van der Waals surface area contributed by atoms with Crippen molar-refractivity contribution in [2.24, 2.45) is 5.16 Å². The molecule has 88 valence electrons. The largest absolute Gasteiger partial charge is 0.398 e. The molecule has 16 heavy (non-hydrogen) atoms. The molecule has 0 aromatic rings. The Hall–Kier alpha value is -2.14. The van der Waals surface area contributed by atoms with E-state index in [0.29, 0.717) is 0 Å². The van der Waals surface area contributed by atoms with Crippen LogP contribution in [0.1, 0.15) is 6.92 Å². The van der Waals surface area contributed by atoms with Crippen molar-refractivity contribution in [2.75, 3.05) is 13.7 Å². The average Bonchev–Trinajstić information content (AvgIpc) is 2.21. The van der Waals surface area contributed by atoms with E-state index in [4.69, 9.17) is 10.4 Å². The van der Waals surface area contributed by atoms with Gasteiger partial charge < -0.3 is 20.6 Å². The maximum atomic E-state index is 11.2. The van der Waals surface area contributed by atoms with E-state index in [0.717, 1.165) is 0 Å². The highest BCUT2D eigenvalue weighted by Crippen LogP contribution is 1.80. The Kier molecular flexibility index (Phi) is 6.23. The van der Waals surface area contributed by atoms with Crippen LogP contribution >= 0.6 is 0 Å². The molecule has 3 N–H and O–H groups in total. The molecule has 1 unspecified atom stereocenters. The van der Waals surface area contributed by atoms with Gasteiger partial charge >= 0.3 is 0 Å². The molecule has 0 aliphatic rings. The van der Waals surface area contributed by atoms with Gasteiger partial charge in [-0.05, 0) is 6.92 Å². The van der Waals surface area contributed by atoms with Crippen molar-refractivity contribution < 1.29 is 19.5 Å². The number of nitrogens with one attached hydrogen (secondary N) is 2. The van der Waals surface area contributed by atoms with Gasteiger partial charge in [0.25, 0.3) is 5.91 Å². The van der Waals surface area contributed by atoms with Gasteiger partial charge in [-0.25, -0.2) is 0 Å². The number of carbonyl (C=O) groups is 2. The van der Waals surface area contributed by atoms with Crippen LogP contribution < -0.4 is 10.6 Å². The van der Waals surface area contributed by atoms with Crippen LogP contribution in [0.25, 0.3) is 0 Å². The first-order valence-corrected chi connectivity index (χ1v) is 4.28. The zero-order valence-corrected chi connectivity index (χ0v) is 8.85. The second kappa shape index (κ2) is 7.19. The van der Waals surface area contributed by atoms with Gasteiger partial charge in [0.05, 0.1) is 6.54 Å². The van der Waals surface area contributed by atoms with Crippen LogP contribution in [0.4, 0.5) is 0 Å². The lowest BCUT2D eigenvalue weighted by Crippen LogP contribution is -2.42. The molecule has 8 heteroatoms. The predicted molar refractivity (Wildman–Crippen MR) is 52.9 cm³/mol. The van der Waals surface area contributed by atoms with E-state index < -0.39 is 23.8 Å². The molecule has 0 aliphatic carbocycles. The zero-order valence-electron chi connectivity index (χ0n) is 8.85. The van der Waals surface area contributed by atoms with E-state index in [1.54, 1.807) is 0 Å². The second-order valence-corrected chi connectivity index (χ2v) is 2.66.